The van der Waals surface area contributed by atoms with Gasteiger partial charge in [0, 0.05) is 25.7 Å². The normalized spacial score (nSPS) is 24.3. The molecule has 2 fully saturated rings. The van der Waals surface area contributed by atoms with Gasteiger partial charge in [0.15, 0.2) is 0 Å². The molecule has 0 amide bonds. The lowest BCUT2D eigenvalue weighted by Crippen LogP contribution is -2.26. The molecule has 2 aliphatic rings. The topological polar surface area (TPSA) is 24.5 Å². The van der Waals surface area contributed by atoms with Crippen LogP contribution >= 0.6 is 0 Å². The molecular weight excluding hydrogens is 260 g/mol. The van der Waals surface area contributed by atoms with Gasteiger partial charge in [-0.05, 0) is 55.8 Å². The first kappa shape index (κ1) is 14.9. The van der Waals surface area contributed by atoms with Gasteiger partial charge >= 0.3 is 0 Å². The number of hydrogen-bond donors (Lipinski definition) is 1. The maximum atomic E-state index is 5.84. The molecule has 0 aliphatic heterocycles. The van der Waals surface area contributed by atoms with Crippen LogP contribution in [0.2, 0.25) is 0 Å². The van der Waals surface area contributed by atoms with E-state index in [2.05, 4.69) is 48.5 Å². The summed E-state index contributed by atoms with van der Waals surface area (Å²) in [5.74, 6) is 2.84. The minimum absolute atomic E-state index is 0.769. The van der Waals surface area contributed by atoms with E-state index in [1.54, 1.807) is 0 Å². The van der Waals surface area contributed by atoms with Gasteiger partial charge < -0.3 is 15.0 Å². The highest BCUT2D eigenvalue weighted by molar-refractivity contribution is 5.27. The first-order valence-corrected chi connectivity index (χ1v) is 8.34. The van der Waals surface area contributed by atoms with Crippen molar-refractivity contribution in [3.63, 3.8) is 0 Å². The first-order chi connectivity index (χ1) is 10.2. The molecule has 1 aromatic rings. The molecule has 3 nitrogen and oxygen atoms in total. The zero-order valence-corrected chi connectivity index (χ0v) is 13.3. The largest absolute Gasteiger partial charge is 0.492 e. The second kappa shape index (κ2) is 6.80. The third kappa shape index (κ3) is 5.01. The lowest BCUT2D eigenvalue weighted by Gasteiger charge is -2.16. The monoisotopic (exact) mass is 288 g/mol. The second-order valence-corrected chi connectivity index (χ2v) is 6.88. The highest BCUT2D eigenvalue weighted by Gasteiger charge is 2.32. The van der Waals surface area contributed by atoms with E-state index in [1.165, 1.54) is 31.4 Å². The summed E-state index contributed by atoms with van der Waals surface area (Å²) in [6.07, 6.45) is 4.09. The quantitative estimate of drug-likeness (QED) is 0.756. The van der Waals surface area contributed by atoms with E-state index in [9.17, 15) is 0 Å². The van der Waals surface area contributed by atoms with Crippen LogP contribution in [-0.2, 0) is 6.54 Å². The van der Waals surface area contributed by atoms with E-state index < -0.39 is 0 Å². The lowest BCUT2D eigenvalue weighted by atomic mass is 10.2. The number of nitrogens with one attached hydrogen (secondary N) is 1. The van der Waals surface area contributed by atoms with Gasteiger partial charge in [-0.15, -0.1) is 0 Å². The SMILES string of the molecule is CC1CC1CN(C)CCOc1ccc(CNC2CC2)cc1. The lowest BCUT2D eigenvalue weighted by molar-refractivity contribution is 0.230. The molecule has 3 heteroatoms. The number of rotatable bonds is 9. The Morgan fingerprint density at radius 1 is 1.24 bits per heavy atom. The molecule has 0 spiro atoms. The number of ether oxygens (including phenoxy) is 1. The molecule has 0 bridgehead atoms. The van der Waals surface area contributed by atoms with E-state index in [0.717, 1.165) is 43.3 Å². The standard InChI is InChI=1S/C18H28N2O/c1-14-11-16(14)13-20(2)9-10-21-18-7-3-15(4-8-18)12-19-17-5-6-17/h3-4,7-8,14,16-17,19H,5-6,9-13H2,1-2H3. The van der Waals surface area contributed by atoms with Crippen molar-refractivity contribution in [2.45, 2.75) is 38.8 Å². The van der Waals surface area contributed by atoms with Crippen LogP contribution in [0.3, 0.4) is 0 Å². The van der Waals surface area contributed by atoms with Crippen molar-refractivity contribution in [2.24, 2.45) is 11.8 Å². The number of hydrogen-bond acceptors (Lipinski definition) is 3. The molecule has 2 unspecified atom stereocenters. The molecule has 0 saturated heterocycles. The van der Waals surface area contributed by atoms with Crippen LogP contribution in [0.15, 0.2) is 24.3 Å². The van der Waals surface area contributed by atoms with Gasteiger partial charge in [0.1, 0.15) is 12.4 Å². The van der Waals surface area contributed by atoms with Crippen LogP contribution in [0.5, 0.6) is 5.75 Å². The van der Waals surface area contributed by atoms with Crippen LogP contribution in [0.25, 0.3) is 0 Å². The van der Waals surface area contributed by atoms with Crippen molar-refractivity contribution >= 4 is 0 Å². The van der Waals surface area contributed by atoms with Crippen molar-refractivity contribution in [2.75, 3.05) is 26.7 Å². The maximum absolute atomic E-state index is 5.84. The Labute approximate surface area is 128 Å². The van der Waals surface area contributed by atoms with Gasteiger partial charge in [-0.1, -0.05) is 19.1 Å². The number of benzene rings is 1. The van der Waals surface area contributed by atoms with Crippen LogP contribution < -0.4 is 10.1 Å². The summed E-state index contributed by atoms with van der Waals surface area (Å²) in [7, 11) is 2.20. The van der Waals surface area contributed by atoms with E-state index in [1.807, 2.05) is 0 Å². The molecule has 2 saturated carbocycles. The summed E-state index contributed by atoms with van der Waals surface area (Å²) >= 11 is 0. The van der Waals surface area contributed by atoms with Crippen molar-refractivity contribution < 1.29 is 4.74 Å². The average Bonchev–Trinajstić information content (AvgIpc) is 3.38. The summed E-state index contributed by atoms with van der Waals surface area (Å²) in [6.45, 7) is 6.32. The molecule has 21 heavy (non-hydrogen) atoms. The predicted molar refractivity (Wildman–Crippen MR) is 86.6 cm³/mol. The summed E-state index contributed by atoms with van der Waals surface area (Å²) in [5, 5.41) is 3.53. The molecule has 1 aromatic carbocycles. The minimum Gasteiger partial charge on any atom is -0.492 e. The Balaban J connectivity index is 1.32. The summed E-state index contributed by atoms with van der Waals surface area (Å²) in [5.41, 5.74) is 1.34. The van der Waals surface area contributed by atoms with Crippen LogP contribution in [0.1, 0.15) is 31.7 Å². The molecule has 2 atom stereocenters. The highest BCUT2D eigenvalue weighted by Crippen LogP contribution is 2.37. The number of nitrogens with zero attached hydrogens (tertiary/aromatic N) is 1. The zero-order chi connectivity index (χ0) is 14.7. The fourth-order valence-corrected chi connectivity index (χ4v) is 2.72. The number of likely N-dealkylation sites (N-methyl/N-ethyl adjacent to an activating group) is 1. The van der Waals surface area contributed by atoms with Crippen molar-refractivity contribution in [3.8, 4) is 5.75 Å². The van der Waals surface area contributed by atoms with E-state index >= 15 is 0 Å². The molecule has 3 rings (SSSR count). The smallest absolute Gasteiger partial charge is 0.119 e. The molecule has 1 N–H and O–H groups in total. The first-order valence-electron chi connectivity index (χ1n) is 8.34. The molecule has 0 heterocycles. The minimum atomic E-state index is 0.769. The van der Waals surface area contributed by atoms with Crippen molar-refractivity contribution in [1.82, 2.24) is 10.2 Å². The average molecular weight is 288 g/mol. The highest BCUT2D eigenvalue weighted by atomic mass is 16.5. The van der Waals surface area contributed by atoms with Gasteiger partial charge in [-0.3, -0.25) is 0 Å². The Morgan fingerprint density at radius 2 is 1.95 bits per heavy atom. The Kier molecular flexibility index (Phi) is 4.81. The second-order valence-electron chi connectivity index (χ2n) is 6.88. The summed E-state index contributed by atoms with van der Waals surface area (Å²) < 4.78 is 5.84. The van der Waals surface area contributed by atoms with E-state index in [0.29, 0.717) is 0 Å². The predicted octanol–water partition coefficient (Wildman–Crippen LogP) is 2.91. The van der Waals surface area contributed by atoms with Gasteiger partial charge in [-0.25, -0.2) is 0 Å². The fraction of sp³-hybridized carbons (Fsp3) is 0.667. The van der Waals surface area contributed by atoms with Crippen molar-refractivity contribution in [3.05, 3.63) is 29.8 Å². The summed E-state index contributed by atoms with van der Waals surface area (Å²) in [6, 6.07) is 9.28. The van der Waals surface area contributed by atoms with Gasteiger partial charge in [-0.2, -0.15) is 0 Å². The van der Waals surface area contributed by atoms with E-state index in [-0.39, 0.29) is 0 Å². The van der Waals surface area contributed by atoms with Crippen LogP contribution in [-0.4, -0.2) is 37.7 Å². The zero-order valence-electron chi connectivity index (χ0n) is 13.3. The molecule has 0 radical (unpaired) electrons. The third-order valence-electron chi connectivity index (χ3n) is 4.66. The van der Waals surface area contributed by atoms with Crippen LogP contribution in [0.4, 0.5) is 0 Å². The Bertz CT molecular complexity index is 441. The molecular formula is C18H28N2O. The molecule has 116 valence electrons. The van der Waals surface area contributed by atoms with Gasteiger partial charge in [0.05, 0.1) is 0 Å². The third-order valence-corrected chi connectivity index (χ3v) is 4.66. The maximum Gasteiger partial charge on any atom is 0.119 e. The molecule has 2 aliphatic carbocycles. The molecule has 0 aromatic heterocycles. The Hall–Kier alpha value is -1.06. The Morgan fingerprint density at radius 3 is 2.57 bits per heavy atom. The van der Waals surface area contributed by atoms with Crippen molar-refractivity contribution in [1.29, 1.82) is 0 Å². The van der Waals surface area contributed by atoms with Crippen LogP contribution in [0, 0.1) is 11.8 Å². The van der Waals surface area contributed by atoms with E-state index in [4.69, 9.17) is 4.74 Å². The van der Waals surface area contributed by atoms with Gasteiger partial charge in [0.2, 0.25) is 0 Å². The summed E-state index contributed by atoms with van der Waals surface area (Å²) in [4.78, 5) is 2.39. The fourth-order valence-electron chi connectivity index (χ4n) is 2.72. The van der Waals surface area contributed by atoms with Gasteiger partial charge in [0.25, 0.3) is 0 Å².